The molecule has 0 atom stereocenters. The SMILES string of the molecule is CCC(=O)c1ccc(-c2nc(COc3cc(OC)cc4oc(-c5cn6nc(OC)sc6n5)cc34)cs2)cc1.COc1cc(OCc2csc(-c3ccc(OC(C)(F)F)cc3)n2)c2cc(-c3cn4nc(OC)sc4n3)oc2c1.COc1cc(OCc2csc(C3CCCCC3)n2)c2cc(-c3cn4nc(OC)sc4n3)oc2c1.COc1cc(OCc2csc(N3CCOCC3)n2)c2cc(-c3cn4nc(OC)sc4n3)oc2c1. The van der Waals surface area contributed by atoms with Crippen LogP contribution in [0.25, 0.3) is 131 Å². The van der Waals surface area contributed by atoms with E-state index in [4.69, 9.17) is 94.2 Å². The van der Waals surface area contributed by atoms with Crippen LogP contribution in [-0.2, 0) is 31.2 Å². The highest BCUT2D eigenvalue weighted by atomic mass is 32.1. The third-order valence-electron chi connectivity index (χ3n) is 23.2. The summed E-state index contributed by atoms with van der Waals surface area (Å²) in [4.78, 5) is 54.4. The summed E-state index contributed by atoms with van der Waals surface area (Å²) in [6, 6.07) is 36.2. The van der Waals surface area contributed by atoms with Crippen molar-refractivity contribution in [2.24, 2.45) is 0 Å². The van der Waals surface area contributed by atoms with E-state index in [0.29, 0.717) is 189 Å². The van der Waals surface area contributed by atoms with Gasteiger partial charge in [0.1, 0.15) is 133 Å². The summed E-state index contributed by atoms with van der Waals surface area (Å²) in [6.45, 7) is 6.95. The Bertz CT molecular complexity index is 8000. The average molecular weight is 2110 g/mol. The molecule has 2 aliphatic rings. The van der Waals surface area contributed by atoms with Crippen LogP contribution < -0.4 is 66.5 Å². The molecule has 0 radical (unpaired) electrons. The molecule has 0 unspecified atom stereocenters. The Morgan fingerprint density at radius 1 is 0.400 bits per heavy atom. The second-order valence-electron chi connectivity index (χ2n) is 32.8. The number of Topliss-reactive ketones (excluding diaryl/α,β-unsaturated/α-hetero) is 1. The molecule has 0 bridgehead atoms. The van der Waals surface area contributed by atoms with Crippen LogP contribution in [0.15, 0.2) is 185 Å². The van der Waals surface area contributed by atoms with Gasteiger partial charge in [0.05, 0.1) is 144 Å². The number of thiazole rings is 4. The molecule has 16 aromatic heterocycles. The molecule has 24 rings (SSSR count). The standard InChI is InChI=1S/C27H22N4O5S2.C26H20F2N4O5S2.C24H24N4O4S2.C22H21N5O5S2/c1-4-21(32)15-5-7-16(8-6-15)25-28-17(14-37-25)13-35-22-9-18(33-2)10-23-19(22)11-24(36-23)20-12-31-26(29-20)38-27(30-31)34-3;1-26(27,28)37-16-6-4-14(5-7-16)23-29-15(13-38-23)12-35-20-8-17(33-2)9-21-18(20)10-22(36-21)19-11-32-24(30-19)39-25(31-32)34-3;1-29-16-8-19(31-12-15-13-33-22(25-15)14-6-4-3-5-7-14)17-10-21(32-20(17)9-16)18-11-28-23(26-18)34-24(27-28)30-2;1-28-14-7-17(31-11-13-12-33-20(23-13)26-3-5-30-6-4-26)15-9-19(32-18(15)8-14)16-10-27-21(24-16)34-22(25-27)29-2/h5-12,14H,4,13H2,1-3H3;4-11,13H,12H2,1-3H3;8-11,13-14H,3-7,12H2,1-2H3;7-10,12H,3-6,11H2,1-2H3. The van der Waals surface area contributed by atoms with E-state index in [9.17, 15) is 13.6 Å². The lowest BCUT2D eigenvalue weighted by molar-refractivity contribution is -0.158. The van der Waals surface area contributed by atoms with Crippen molar-refractivity contribution in [1.29, 1.82) is 0 Å². The van der Waals surface area contributed by atoms with Crippen molar-refractivity contribution in [2.75, 3.05) is 88.1 Å². The van der Waals surface area contributed by atoms with Gasteiger partial charge in [-0.1, -0.05) is 50.5 Å². The van der Waals surface area contributed by atoms with Crippen LogP contribution in [0, 0.1) is 0 Å². The van der Waals surface area contributed by atoms with Gasteiger partial charge in [0.25, 0.3) is 20.8 Å². The number of nitrogens with zero attached hydrogens (tertiary/aromatic N) is 17. The first-order valence-corrected chi connectivity index (χ1v) is 52.0. The highest BCUT2D eigenvalue weighted by Gasteiger charge is 2.29. The van der Waals surface area contributed by atoms with E-state index in [-0.39, 0.29) is 24.7 Å². The number of imidazole rings is 4. The topological polar surface area (TPSA) is 374 Å². The van der Waals surface area contributed by atoms with Crippen LogP contribution in [-0.4, -0.2) is 173 Å². The van der Waals surface area contributed by atoms with Crippen molar-refractivity contribution in [3.8, 4) is 139 Å². The van der Waals surface area contributed by atoms with Gasteiger partial charge in [-0.05, 0) is 107 Å². The second kappa shape index (κ2) is 42.2. The summed E-state index contributed by atoms with van der Waals surface area (Å²) in [5, 5.41) is 34.5. The molecule has 6 aromatic carbocycles. The molecule has 17 heterocycles. The van der Waals surface area contributed by atoms with E-state index in [0.717, 1.165) is 101 Å². The summed E-state index contributed by atoms with van der Waals surface area (Å²) >= 11 is 11.7. The Kier molecular flexibility index (Phi) is 28.0. The maximum Gasteiger partial charge on any atom is 0.394 e. The van der Waals surface area contributed by atoms with Crippen molar-refractivity contribution in [3.63, 3.8) is 0 Å². The van der Waals surface area contributed by atoms with E-state index in [2.05, 4.69) is 60.3 Å². The van der Waals surface area contributed by atoms with E-state index in [1.165, 1.54) is 117 Å². The number of ether oxygens (including phenoxy) is 14. The maximum atomic E-state index is 13.1. The smallest absolute Gasteiger partial charge is 0.394 e. The van der Waals surface area contributed by atoms with Gasteiger partial charge in [-0.25, -0.2) is 57.9 Å². The fourth-order valence-electron chi connectivity index (χ4n) is 16.0. The van der Waals surface area contributed by atoms with Crippen LogP contribution in [0.3, 0.4) is 0 Å². The van der Waals surface area contributed by atoms with Gasteiger partial charge in [0, 0.05) is 119 Å². The highest BCUT2D eigenvalue weighted by Crippen LogP contribution is 2.46. The van der Waals surface area contributed by atoms with Gasteiger partial charge in [-0.15, -0.1) is 65.7 Å². The molecule has 145 heavy (non-hydrogen) atoms. The van der Waals surface area contributed by atoms with Crippen molar-refractivity contribution in [2.45, 2.75) is 90.8 Å². The summed E-state index contributed by atoms with van der Waals surface area (Å²) < 4.78 is 135. The van der Waals surface area contributed by atoms with Gasteiger partial charge in [-0.2, -0.15) is 8.78 Å². The first-order valence-electron chi connectivity index (χ1n) is 45.2. The van der Waals surface area contributed by atoms with Crippen LogP contribution in [0.2, 0.25) is 0 Å². The molecule has 1 saturated heterocycles. The predicted octanol–water partition coefficient (Wildman–Crippen LogP) is 23.8. The lowest BCUT2D eigenvalue weighted by Gasteiger charge is -2.26. The summed E-state index contributed by atoms with van der Waals surface area (Å²) in [7, 11) is 12.7. The number of alkyl halides is 2. The molecular weight excluding hydrogens is 2030 g/mol. The molecule has 744 valence electrons. The highest BCUT2D eigenvalue weighted by molar-refractivity contribution is 7.19. The Morgan fingerprint density at radius 3 is 1.09 bits per heavy atom. The van der Waals surface area contributed by atoms with E-state index in [1.807, 2.05) is 120 Å². The summed E-state index contributed by atoms with van der Waals surface area (Å²) in [5.74, 6) is 8.26. The number of furan rings is 4. The van der Waals surface area contributed by atoms with Gasteiger partial charge >= 0.3 is 6.11 Å². The lowest BCUT2D eigenvalue weighted by Crippen LogP contribution is -2.36. The Balaban J connectivity index is 0.000000114. The number of carbonyl (C=O) groups is 1. The van der Waals surface area contributed by atoms with Crippen LogP contribution in [0.5, 0.6) is 72.5 Å². The first-order chi connectivity index (χ1) is 70.7. The van der Waals surface area contributed by atoms with Gasteiger partial charge < -0.3 is 88.9 Å². The number of morpholine rings is 1. The first kappa shape index (κ1) is 96.2. The largest absolute Gasteiger partial charge is 0.496 e. The molecular formula is C99H87F2N17O19S8. The maximum absolute atomic E-state index is 13.1. The minimum absolute atomic E-state index is 0.0826. The second-order valence-corrected chi connectivity index (χ2v) is 39.9. The predicted molar refractivity (Wildman–Crippen MR) is 548 cm³/mol. The number of methoxy groups -OCH3 is 8. The number of anilines is 1. The van der Waals surface area contributed by atoms with Gasteiger partial charge in [-0.3, -0.25) is 4.79 Å². The Labute approximate surface area is 854 Å². The zero-order chi connectivity index (χ0) is 99.5. The van der Waals surface area contributed by atoms with Crippen LogP contribution >= 0.6 is 90.7 Å². The van der Waals surface area contributed by atoms with Crippen molar-refractivity contribution < 1.29 is 97.6 Å². The van der Waals surface area contributed by atoms with Crippen molar-refractivity contribution in [3.05, 3.63) is 201 Å². The quantitative estimate of drug-likeness (QED) is 0.0353. The number of hydrogen-bond donors (Lipinski definition) is 0. The van der Waals surface area contributed by atoms with E-state index >= 15 is 0 Å². The fraction of sp³-hybridized carbons (Fsp3) is 0.263. The Morgan fingerprint density at radius 2 is 0.745 bits per heavy atom. The number of ketones is 1. The van der Waals surface area contributed by atoms with Gasteiger partial charge in [0.15, 0.2) is 34.0 Å². The zero-order valence-electron chi connectivity index (χ0n) is 79.0. The van der Waals surface area contributed by atoms with Gasteiger partial charge in [0.2, 0.25) is 19.8 Å². The number of aromatic nitrogens is 16. The molecule has 0 amide bonds. The molecule has 36 nitrogen and oxygen atoms in total. The van der Waals surface area contributed by atoms with E-state index < -0.39 is 6.11 Å². The number of carbonyl (C=O) groups excluding carboxylic acids is 1. The molecule has 0 N–H and O–H groups in total. The molecule has 2 fully saturated rings. The third kappa shape index (κ3) is 21.4. The number of hydrogen-bond acceptors (Lipinski definition) is 40. The lowest BCUT2D eigenvalue weighted by atomic mass is 9.90. The summed E-state index contributed by atoms with van der Waals surface area (Å²) in [5.41, 5.74) is 11.0. The fourth-order valence-corrected chi connectivity index (χ4v) is 22.3. The third-order valence-corrected chi connectivity index (χ3v) is 30.6. The van der Waals surface area contributed by atoms with E-state index in [1.54, 1.807) is 134 Å². The van der Waals surface area contributed by atoms with Crippen molar-refractivity contribution >= 4 is 165 Å². The minimum Gasteiger partial charge on any atom is -0.496 e. The average Bonchev–Trinajstić information content (AvgIpc) is 1.63. The molecule has 22 aromatic rings. The number of rotatable bonds is 32. The normalized spacial score (nSPS) is 13.0. The molecule has 1 saturated carbocycles. The Hall–Kier alpha value is -14.9. The number of fused-ring (bicyclic) bond motifs is 8. The van der Waals surface area contributed by atoms with Crippen molar-refractivity contribution in [1.82, 2.24) is 78.3 Å². The number of benzene rings is 6. The molecule has 1 aliphatic carbocycles. The molecule has 46 heteroatoms. The van der Waals surface area contributed by atoms with Crippen LogP contribution in [0.4, 0.5) is 13.9 Å². The summed E-state index contributed by atoms with van der Waals surface area (Å²) in [6.07, 6.45) is 10.9. The minimum atomic E-state index is -3.24. The zero-order valence-corrected chi connectivity index (χ0v) is 85.6. The van der Waals surface area contributed by atoms with Crippen LogP contribution in [0.1, 0.15) is 96.4 Å². The molecule has 0 spiro atoms. The monoisotopic (exact) mass is 2110 g/mol. The molecule has 1 aliphatic heterocycles. The number of halogens is 2.